The highest BCUT2D eigenvalue weighted by Crippen LogP contribution is 2.50. The van der Waals surface area contributed by atoms with E-state index in [1.54, 1.807) is 18.0 Å². The van der Waals surface area contributed by atoms with Crippen LogP contribution < -0.4 is 16.0 Å². The average Bonchev–Trinajstić information content (AvgIpc) is 3.20. The maximum Gasteiger partial charge on any atom is 0.194 e. The van der Waals surface area contributed by atoms with Crippen LogP contribution in [-0.2, 0) is 6.42 Å². The summed E-state index contributed by atoms with van der Waals surface area (Å²) in [5.41, 5.74) is 14.0. The number of nitrogens with one attached hydrogen (secondary N) is 1. The van der Waals surface area contributed by atoms with Gasteiger partial charge in [-0.1, -0.05) is 12.1 Å². The number of anilines is 2. The summed E-state index contributed by atoms with van der Waals surface area (Å²) < 4.78 is 0. The molecule has 7 rings (SSSR count). The summed E-state index contributed by atoms with van der Waals surface area (Å²) in [6, 6.07) is 12.7. The average molecular weight is 454 g/mol. The number of hydrogen-bond acceptors (Lipinski definition) is 8. The monoisotopic (exact) mass is 453 g/mol. The molecule has 3 N–H and O–H groups in total. The van der Waals surface area contributed by atoms with Crippen molar-refractivity contribution < 1.29 is 0 Å². The van der Waals surface area contributed by atoms with Gasteiger partial charge in [0.15, 0.2) is 5.16 Å². The van der Waals surface area contributed by atoms with Crippen molar-refractivity contribution in [1.82, 2.24) is 19.9 Å². The number of piperidine rings is 1. The van der Waals surface area contributed by atoms with Gasteiger partial charge in [0, 0.05) is 61.1 Å². The number of nitrogens with zero attached hydrogens (tertiary/aromatic N) is 5. The number of fused-ring (bicyclic) bond motifs is 5. The molecule has 3 aromatic heterocycles. The highest BCUT2D eigenvalue weighted by molar-refractivity contribution is 7.99. The van der Waals surface area contributed by atoms with Crippen molar-refractivity contribution >= 4 is 34.3 Å². The molecule has 4 heterocycles. The lowest BCUT2D eigenvalue weighted by molar-refractivity contribution is 0.727. The molecule has 164 valence electrons. The molecule has 1 aromatic carbocycles. The van der Waals surface area contributed by atoms with Crippen LogP contribution in [0, 0.1) is 11.8 Å². The smallest absolute Gasteiger partial charge is 0.194 e. The zero-order valence-corrected chi connectivity index (χ0v) is 19.0. The summed E-state index contributed by atoms with van der Waals surface area (Å²) in [6.45, 7) is 1.95. The molecule has 1 aliphatic heterocycles. The van der Waals surface area contributed by atoms with Crippen LogP contribution in [0.3, 0.4) is 0 Å². The van der Waals surface area contributed by atoms with Crippen molar-refractivity contribution in [3.8, 4) is 11.1 Å². The van der Waals surface area contributed by atoms with Gasteiger partial charge in [-0.25, -0.2) is 9.97 Å². The summed E-state index contributed by atoms with van der Waals surface area (Å²) in [5.74, 6) is 2.22. The molecule has 2 aliphatic carbocycles. The van der Waals surface area contributed by atoms with E-state index in [9.17, 15) is 0 Å². The Balaban J connectivity index is 1.32. The van der Waals surface area contributed by atoms with Gasteiger partial charge in [0.1, 0.15) is 5.82 Å². The second-order valence-corrected chi connectivity index (χ2v) is 10.1. The Morgan fingerprint density at radius 3 is 2.79 bits per heavy atom. The van der Waals surface area contributed by atoms with E-state index in [1.807, 2.05) is 25.4 Å². The van der Waals surface area contributed by atoms with Gasteiger partial charge in [-0.15, -0.1) is 0 Å². The van der Waals surface area contributed by atoms with E-state index < -0.39 is 0 Å². The van der Waals surface area contributed by atoms with E-state index >= 15 is 0 Å². The summed E-state index contributed by atoms with van der Waals surface area (Å²) >= 11 is 1.55. The van der Waals surface area contributed by atoms with Gasteiger partial charge in [0.25, 0.3) is 0 Å². The molecule has 2 atom stereocenters. The maximum absolute atomic E-state index is 6.23. The Bertz CT molecular complexity index is 1410. The molecule has 0 spiro atoms. The third kappa shape index (κ3) is 3.01. The minimum atomic E-state index is 0.351. The summed E-state index contributed by atoms with van der Waals surface area (Å²) in [5, 5.41) is 4.10. The van der Waals surface area contributed by atoms with Crippen LogP contribution in [0.2, 0.25) is 0 Å². The second kappa shape index (κ2) is 7.13. The van der Waals surface area contributed by atoms with E-state index in [-0.39, 0.29) is 0 Å². The molecule has 0 bridgehead atoms. The highest BCUT2D eigenvalue weighted by Gasteiger charge is 2.54. The lowest BCUT2D eigenvalue weighted by atomic mass is 10.1. The molecule has 8 heteroatoms. The lowest BCUT2D eigenvalue weighted by Gasteiger charge is -2.23. The van der Waals surface area contributed by atoms with Crippen molar-refractivity contribution in [2.75, 3.05) is 30.4 Å². The van der Waals surface area contributed by atoms with Crippen LogP contribution in [0.15, 0.2) is 58.8 Å². The predicted octanol–water partition coefficient (Wildman–Crippen LogP) is 3.58. The van der Waals surface area contributed by atoms with Crippen LogP contribution in [0.5, 0.6) is 0 Å². The molecular formula is C25H23N7S. The van der Waals surface area contributed by atoms with E-state index in [4.69, 9.17) is 15.7 Å². The first-order valence-corrected chi connectivity index (χ1v) is 12.1. The van der Waals surface area contributed by atoms with E-state index in [1.165, 1.54) is 16.7 Å². The lowest BCUT2D eigenvalue weighted by Crippen LogP contribution is -2.29. The van der Waals surface area contributed by atoms with Crippen LogP contribution >= 0.6 is 11.8 Å². The first-order chi connectivity index (χ1) is 16.2. The molecule has 1 saturated carbocycles. The highest BCUT2D eigenvalue weighted by atomic mass is 32.2. The third-order valence-electron chi connectivity index (χ3n) is 7.20. The molecule has 0 amide bonds. The Kier molecular flexibility index (Phi) is 4.16. The SMILES string of the molecule is CNc1cccc2c1Cc1nc(Sc3cnc4cccnc4c3)nc(N3CC4C(N)C4C3)c1-2. The summed E-state index contributed by atoms with van der Waals surface area (Å²) in [7, 11) is 1.97. The first-order valence-electron chi connectivity index (χ1n) is 11.3. The van der Waals surface area contributed by atoms with E-state index in [2.05, 4.69) is 44.5 Å². The van der Waals surface area contributed by atoms with Gasteiger partial charge in [-0.05, 0) is 59.0 Å². The minimum absolute atomic E-state index is 0.351. The maximum atomic E-state index is 6.23. The van der Waals surface area contributed by atoms with Crippen molar-refractivity contribution in [2.45, 2.75) is 22.5 Å². The largest absolute Gasteiger partial charge is 0.388 e. The molecule has 2 fully saturated rings. The van der Waals surface area contributed by atoms with Crippen LogP contribution in [0.25, 0.3) is 22.2 Å². The Labute approximate surface area is 195 Å². The number of rotatable bonds is 4. The van der Waals surface area contributed by atoms with Crippen molar-refractivity contribution in [2.24, 2.45) is 17.6 Å². The van der Waals surface area contributed by atoms with Gasteiger partial charge < -0.3 is 16.0 Å². The Hall–Kier alpha value is -3.23. The standard InChI is InChI=1S/C25H23N7S/c1-27-18-5-2-4-14-15(18)9-21-22(14)24(32-11-16-17(12-32)23(16)26)31-25(30-21)33-13-8-20-19(29-10-13)6-3-7-28-20/h2-8,10,16-17,23,27H,9,11-12,26H2,1H3. The van der Waals surface area contributed by atoms with E-state index in [0.717, 1.165) is 57.8 Å². The van der Waals surface area contributed by atoms with Crippen molar-refractivity contribution in [3.05, 3.63) is 60.0 Å². The number of aromatic nitrogens is 4. The molecule has 0 radical (unpaired) electrons. The summed E-state index contributed by atoms with van der Waals surface area (Å²) in [6.07, 6.45) is 4.48. The fraction of sp³-hybridized carbons (Fsp3) is 0.280. The van der Waals surface area contributed by atoms with Crippen LogP contribution in [0.1, 0.15) is 11.3 Å². The van der Waals surface area contributed by atoms with Crippen molar-refractivity contribution in [3.63, 3.8) is 0 Å². The number of pyridine rings is 2. The second-order valence-electron chi connectivity index (χ2n) is 9.03. The van der Waals surface area contributed by atoms with Crippen LogP contribution in [0.4, 0.5) is 11.5 Å². The molecular weight excluding hydrogens is 430 g/mol. The van der Waals surface area contributed by atoms with Gasteiger partial charge in [0.05, 0.1) is 16.7 Å². The molecule has 4 aromatic rings. The molecule has 7 nitrogen and oxygen atoms in total. The third-order valence-corrected chi connectivity index (χ3v) is 8.02. The van der Waals surface area contributed by atoms with Gasteiger partial charge in [-0.2, -0.15) is 0 Å². The number of benzene rings is 1. The quantitative estimate of drug-likeness (QED) is 0.399. The van der Waals surface area contributed by atoms with E-state index in [0.29, 0.717) is 17.9 Å². The predicted molar refractivity (Wildman–Crippen MR) is 131 cm³/mol. The minimum Gasteiger partial charge on any atom is -0.388 e. The zero-order chi connectivity index (χ0) is 22.1. The molecule has 1 saturated heterocycles. The number of hydrogen-bond donors (Lipinski definition) is 2. The first kappa shape index (κ1) is 19.3. The van der Waals surface area contributed by atoms with Crippen molar-refractivity contribution in [1.29, 1.82) is 0 Å². The van der Waals surface area contributed by atoms with Crippen LogP contribution in [-0.4, -0.2) is 46.1 Å². The zero-order valence-electron chi connectivity index (χ0n) is 18.2. The van der Waals surface area contributed by atoms with Gasteiger partial charge in [-0.3, -0.25) is 9.97 Å². The fourth-order valence-corrected chi connectivity index (χ4v) is 6.18. The normalized spacial score (nSPS) is 22.2. The Morgan fingerprint density at radius 2 is 1.94 bits per heavy atom. The van der Waals surface area contributed by atoms with Gasteiger partial charge >= 0.3 is 0 Å². The van der Waals surface area contributed by atoms with Gasteiger partial charge in [0.2, 0.25) is 0 Å². The fourth-order valence-electron chi connectivity index (χ4n) is 5.40. The Morgan fingerprint density at radius 1 is 1.06 bits per heavy atom. The molecule has 3 aliphatic rings. The molecule has 33 heavy (non-hydrogen) atoms. The topological polar surface area (TPSA) is 92.8 Å². The molecule has 2 unspecified atom stereocenters. The summed E-state index contributed by atoms with van der Waals surface area (Å²) in [4.78, 5) is 22.5. The number of nitrogens with two attached hydrogens (primary N) is 1.